The van der Waals surface area contributed by atoms with Crippen molar-refractivity contribution in [1.29, 1.82) is 0 Å². The second kappa shape index (κ2) is 9.59. The number of likely N-dealkylation sites (tertiary alicyclic amines) is 1. The number of nitrogens with two attached hydrogens (primary N) is 1. The summed E-state index contributed by atoms with van der Waals surface area (Å²) in [5.41, 5.74) is 6.36. The maximum absolute atomic E-state index is 15.4. The van der Waals surface area contributed by atoms with Crippen LogP contribution in [0.15, 0.2) is 47.5 Å². The summed E-state index contributed by atoms with van der Waals surface area (Å²) in [7, 11) is 0. The van der Waals surface area contributed by atoms with Crippen molar-refractivity contribution >= 4 is 22.8 Å². The minimum absolute atomic E-state index is 0.0102. The van der Waals surface area contributed by atoms with Gasteiger partial charge in [0.25, 0.3) is 5.89 Å². The zero-order valence-corrected chi connectivity index (χ0v) is 20.1. The third-order valence-electron chi connectivity index (χ3n) is 6.42. The molecule has 0 aliphatic carbocycles. The molecule has 0 bridgehead atoms. The summed E-state index contributed by atoms with van der Waals surface area (Å²) in [6.45, 7) is 0.606. The van der Waals surface area contributed by atoms with E-state index in [2.05, 4.69) is 20.1 Å². The first kappa shape index (κ1) is 25.2. The summed E-state index contributed by atoms with van der Waals surface area (Å²) in [6.07, 6.45) is 4.37. The quantitative estimate of drug-likeness (QED) is 0.245. The summed E-state index contributed by atoms with van der Waals surface area (Å²) in [5, 5.41) is 4.78. The third-order valence-corrected chi connectivity index (χ3v) is 6.42. The second-order valence-corrected chi connectivity index (χ2v) is 8.82. The SMILES string of the molecule is Nc1ncnc2c1c(-c1ccc(Oc3c(F)c(F)cc(F)c3F)cc1F)nn2C1CCN(C(=O)c2ncco2)C1. The molecule has 15 heteroatoms. The van der Waals surface area contributed by atoms with Gasteiger partial charge in [-0.3, -0.25) is 4.79 Å². The predicted molar refractivity (Wildman–Crippen MR) is 128 cm³/mol. The molecule has 1 aliphatic rings. The summed E-state index contributed by atoms with van der Waals surface area (Å²) < 4.78 is 82.0. The molecule has 1 unspecified atom stereocenters. The van der Waals surface area contributed by atoms with E-state index < -0.39 is 46.5 Å². The topological polar surface area (TPSA) is 125 Å². The highest BCUT2D eigenvalue weighted by Gasteiger charge is 2.33. The molecular weight excluding hydrogens is 541 g/mol. The summed E-state index contributed by atoms with van der Waals surface area (Å²) in [6, 6.07) is 2.78. The van der Waals surface area contributed by atoms with E-state index in [1.54, 1.807) is 0 Å². The Labute approximate surface area is 220 Å². The monoisotopic (exact) mass is 557 g/mol. The molecule has 6 rings (SSSR count). The van der Waals surface area contributed by atoms with Crippen LogP contribution < -0.4 is 10.5 Å². The van der Waals surface area contributed by atoms with Crippen LogP contribution in [0, 0.1) is 29.1 Å². The number of oxazole rings is 1. The number of hydrogen-bond acceptors (Lipinski definition) is 8. The fourth-order valence-corrected chi connectivity index (χ4v) is 4.54. The van der Waals surface area contributed by atoms with Crippen LogP contribution in [-0.4, -0.2) is 48.6 Å². The third kappa shape index (κ3) is 4.15. The molecule has 0 saturated carbocycles. The number of carbonyl (C=O) groups is 1. The molecule has 1 saturated heterocycles. The Morgan fingerprint density at radius 3 is 2.50 bits per heavy atom. The Bertz CT molecular complexity index is 1750. The largest absolute Gasteiger partial charge is 0.451 e. The molecule has 1 aliphatic heterocycles. The molecule has 10 nitrogen and oxygen atoms in total. The van der Waals surface area contributed by atoms with Crippen molar-refractivity contribution in [2.75, 3.05) is 18.8 Å². The molecular formula is C25H16F5N7O3. The Morgan fingerprint density at radius 1 is 1.02 bits per heavy atom. The standard InChI is InChI=1S/C25H16F5N7O3/c26-14-7-12(40-21-18(29)15(27)8-16(28)19(21)30)1-2-13(14)20-17-22(31)33-10-34-23(17)37(35-20)11-3-5-36(9-11)25(38)24-32-4-6-39-24/h1-2,4,6-8,10-11H,3,5,9H2,(H2,31,33,34). The van der Waals surface area contributed by atoms with Crippen LogP contribution in [0.25, 0.3) is 22.3 Å². The molecule has 1 amide bonds. The average Bonchev–Trinajstić information content (AvgIpc) is 3.70. The van der Waals surface area contributed by atoms with Crippen molar-refractivity contribution in [3.63, 3.8) is 0 Å². The summed E-state index contributed by atoms with van der Waals surface area (Å²) in [5.74, 6) is -10.1. The number of hydrogen-bond donors (Lipinski definition) is 1. The molecule has 0 radical (unpaired) electrons. The van der Waals surface area contributed by atoms with Crippen molar-refractivity contribution < 1.29 is 35.9 Å². The Hall–Kier alpha value is -5.08. The lowest BCUT2D eigenvalue weighted by Crippen LogP contribution is -2.29. The van der Waals surface area contributed by atoms with Crippen LogP contribution in [0.2, 0.25) is 0 Å². The lowest BCUT2D eigenvalue weighted by molar-refractivity contribution is 0.0747. The molecule has 2 N–H and O–H groups in total. The van der Waals surface area contributed by atoms with Gasteiger partial charge in [0.1, 0.15) is 35.7 Å². The minimum atomic E-state index is -1.77. The van der Waals surface area contributed by atoms with Gasteiger partial charge in [-0.25, -0.2) is 32.8 Å². The first-order valence-electron chi connectivity index (χ1n) is 11.7. The molecule has 1 fully saturated rings. The van der Waals surface area contributed by atoms with E-state index in [-0.39, 0.29) is 52.7 Å². The fraction of sp³-hybridized carbons (Fsp3) is 0.160. The van der Waals surface area contributed by atoms with E-state index >= 15 is 4.39 Å². The summed E-state index contributed by atoms with van der Waals surface area (Å²) in [4.78, 5) is 26.3. The minimum Gasteiger partial charge on any atom is -0.451 e. The van der Waals surface area contributed by atoms with Crippen LogP contribution in [0.5, 0.6) is 11.5 Å². The maximum Gasteiger partial charge on any atom is 0.309 e. The molecule has 2 aromatic carbocycles. The number of nitrogen functional groups attached to an aromatic ring is 1. The van der Waals surface area contributed by atoms with Crippen LogP contribution in [0.1, 0.15) is 23.1 Å². The number of nitrogens with zero attached hydrogens (tertiary/aromatic N) is 6. The normalized spacial score (nSPS) is 15.2. The lowest BCUT2D eigenvalue weighted by atomic mass is 10.1. The number of ether oxygens (including phenoxy) is 1. The van der Waals surface area contributed by atoms with E-state index in [0.29, 0.717) is 13.0 Å². The molecule has 40 heavy (non-hydrogen) atoms. The van der Waals surface area contributed by atoms with Gasteiger partial charge < -0.3 is 19.8 Å². The Morgan fingerprint density at radius 2 is 1.80 bits per heavy atom. The van der Waals surface area contributed by atoms with Crippen molar-refractivity contribution in [2.45, 2.75) is 12.5 Å². The Balaban J connectivity index is 1.35. The molecule has 3 aromatic heterocycles. The van der Waals surface area contributed by atoms with E-state index in [0.717, 1.165) is 12.1 Å². The van der Waals surface area contributed by atoms with Gasteiger partial charge in [-0.2, -0.15) is 13.9 Å². The molecule has 5 aromatic rings. The van der Waals surface area contributed by atoms with Gasteiger partial charge in [-0.15, -0.1) is 0 Å². The van der Waals surface area contributed by atoms with Crippen molar-refractivity contribution in [3.8, 4) is 22.8 Å². The van der Waals surface area contributed by atoms with Crippen molar-refractivity contribution in [2.24, 2.45) is 0 Å². The smallest absolute Gasteiger partial charge is 0.309 e. The first-order chi connectivity index (χ1) is 19.2. The van der Waals surface area contributed by atoms with Gasteiger partial charge in [0.2, 0.25) is 17.4 Å². The van der Waals surface area contributed by atoms with Gasteiger partial charge in [0.05, 0.1) is 17.6 Å². The zero-order valence-electron chi connectivity index (χ0n) is 20.1. The van der Waals surface area contributed by atoms with Gasteiger partial charge >= 0.3 is 5.91 Å². The fourth-order valence-electron chi connectivity index (χ4n) is 4.54. The van der Waals surface area contributed by atoms with Gasteiger partial charge in [-0.05, 0) is 18.6 Å². The maximum atomic E-state index is 15.4. The summed E-state index contributed by atoms with van der Waals surface area (Å²) >= 11 is 0. The zero-order chi connectivity index (χ0) is 28.1. The highest BCUT2D eigenvalue weighted by molar-refractivity contribution is 5.98. The predicted octanol–water partition coefficient (Wildman–Crippen LogP) is 4.64. The number of benzene rings is 2. The van der Waals surface area contributed by atoms with Gasteiger partial charge in [-0.1, -0.05) is 0 Å². The Kier molecular flexibility index (Phi) is 6.04. The number of fused-ring (bicyclic) bond motifs is 1. The molecule has 4 heterocycles. The molecule has 204 valence electrons. The highest BCUT2D eigenvalue weighted by atomic mass is 19.2. The first-order valence-corrected chi connectivity index (χ1v) is 11.7. The van der Waals surface area contributed by atoms with Crippen molar-refractivity contribution in [1.82, 2.24) is 29.6 Å². The molecule has 0 spiro atoms. The van der Waals surface area contributed by atoms with Crippen LogP contribution in [0.4, 0.5) is 27.8 Å². The van der Waals surface area contributed by atoms with Crippen LogP contribution in [-0.2, 0) is 0 Å². The van der Waals surface area contributed by atoms with Crippen LogP contribution in [0.3, 0.4) is 0 Å². The van der Waals surface area contributed by atoms with E-state index in [1.165, 1.54) is 34.4 Å². The van der Waals surface area contributed by atoms with Crippen LogP contribution >= 0.6 is 0 Å². The number of amides is 1. The van der Waals surface area contributed by atoms with E-state index in [4.69, 9.17) is 14.9 Å². The molecule has 1 atom stereocenters. The number of rotatable bonds is 5. The van der Waals surface area contributed by atoms with Crippen molar-refractivity contribution in [3.05, 3.63) is 78.0 Å². The highest BCUT2D eigenvalue weighted by Crippen LogP contribution is 2.37. The van der Waals surface area contributed by atoms with Gasteiger partial charge in [0, 0.05) is 30.8 Å². The van der Waals surface area contributed by atoms with E-state index in [1.807, 2.05) is 0 Å². The van der Waals surface area contributed by atoms with E-state index in [9.17, 15) is 22.4 Å². The second-order valence-electron chi connectivity index (χ2n) is 8.82. The number of anilines is 1. The van der Waals surface area contributed by atoms with Gasteiger partial charge in [0.15, 0.2) is 17.3 Å². The lowest BCUT2D eigenvalue weighted by Gasteiger charge is -2.15. The number of halogens is 5. The average molecular weight is 557 g/mol. The number of carbonyl (C=O) groups excluding carboxylic acids is 1. The number of aromatic nitrogens is 5.